The lowest BCUT2D eigenvalue weighted by Crippen LogP contribution is -2.28. The number of rotatable bonds is 6. The van der Waals surface area contributed by atoms with Gasteiger partial charge >= 0.3 is 0 Å². The number of carbonyl (C=O) groups is 3. The maximum Gasteiger partial charge on any atom is 0.255 e. The van der Waals surface area contributed by atoms with Crippen LogP contribution in [0.25, 0.3) is 0 Å². The van der Waals surface area contributed by atoms with Crippen molar-refractivity contribution < 1.29 is 14.4 Å². The normalized spacial score (nSPS) is 10.3. The number of hydrogen-bond donors (Lipinski definition) is 2. The molecule has 2 amide bonds. The van der Waals surface area contributed by atoms with Gasteiger partial charge in [0.05, 0.1) is 11.3 Å². The van der Waals surface area contributed by atoms with Crippen molar-refractivity contribution >= 4 is 23.8 Å². The van der Waals surface area contributed by atoms with Crippen LogP contribution in [0.3, 0.4) is 0 Å². The molecule has 5 nitrogen and oxygen atoms in total. The summed E-state index contributed by atoms with van der Waals surface area (Å²) in [5.41, 5.74) is 1.78. The second-order valence-electron chi connectivity index (χ2n) is 5.84. The molecule has 2 aromatic rings. The van der Waals surface area contributed by atoms with Crippen molar-refractivity contribution in [1.29, 1.82) is 0 Å². The van der Waals surface area contributed by atoms with Crippen LogP contribution in [0, 0.1) is 5.92 Å². The fraction of sp³-hybridized carbons (Fsp3) is 0.211. The third-order valence-electron chi connectivity index (χ3n) is 3.40. The van der Waals surface area contributed by atoms with Crippen LogP contribution in [-0.4, -0.2) is 24.6 Å². The summed E-state index contributed by atoms with van der Waals surface area (Å²) >= 11 is 0. The fourth-order valence-electron chi connectivity index (χ4n) is 2.09. The van der Waals surface area contributed by atoms with E-state index in [0.717, 1.165) is 6.29 Å². The van der Waals surface area contributed by atoms with Crippen LogP contribution in [0.2, 0.25) is 0 Å². The monoisotopic (exact) mass is 324 g/mol. The van der Waals surface area contributed by atoms with Gasteiger partial charge in [0.1, 0.15) is 6.29 Å². The van der Waals surface area contributed by atoms with Crippen molar-refractivity contribution in [3.63, 3.8) is 0 Å². The number of amides is 2. The van der Waals surface area contributed by atoms with E-state index in [9.17, 15) is 14.4 Å². The molecular formula is C19H20N2O3. The Labute approximate surface area is 141 Å². The van der Waals surface area contributed by atoms with E-state index in [1.54, 1.807) is 48.5 Å². The molecule has 0 aliphatic carbocycles. The minimum Gasteiger partial charge on any atom is -0.352 e. The molecule has 0 saturated heterocycles. The quantitative estimate of drug-likeness (QED) is 0.802. The number of carbonyl (C=O) groups excluding carboxylic acids is 3. The highest BCUT2D eigenvalue weighted by Gasteiger charge is 2.14. The average molecular weight is 324 g/mol. The first-order valence-electron chi connectivity index (χ1n) is 7.75. The molecule has 0 aromatic heterocycles. The molecule has 124 valence electrons. The smallest absolute Gasteiger partial charge is 0.255 e. The highest BCUT2D eigenvalue weighted by atomic mass is 16.2. The molecule has 24 heavy (non-hydrogen) atoms. The largest absolute Gasteiger partial charge is 0.352 e. The first-order valence-corrected chi connectivity index (χ1v) is 7.75. The summed E-state index contributed by atoms with van der Waals surface area (Å²) in [6, 6.07) is 13.1. The summed E-state index contributed by atoms with van der Waals surface area (Å²) in [6.45, 7) is 4.59. The van der Waals surface area contributed by atoms with Gasteiger partial charge in [0.15, 0.2) is 0 Å². The summed E-state index contributed by atoms with van der Waals surface area (Å²) in [7, 11) is 0. The van der Waals surface area contributed by atoms with E-state index < -0.39 is 0 Å². The zero-order chi connectivity index (χ0) is 17.5. The summed E-state index contributed by atoms with van der Waals surface area (Å²) in [6.07, 6.45) is 0.718. The molecule has 0 spiro atoms. The third-order valence-corrected chi connectivity index (χ3v) is 3.40. The molecule has 0 heterocycles. The van der Waals surface area contributed by atoms with Gasteiger partial charge in [-0.15, -0.1) is 0 Å². The number of hydrogen-bond acceptors (Lipinski definition) is 3. The first kappa shape index (κ1) is 17.4. The first-order chi connectivity index (χ1) is 11.5. The van der Waals surface area contributed by atoms with Gasteiger partial charge in [-0.2, -0.15) is 0 Å². The second-order valence-corrected chi connectivity index (χ2v) is 5.84. The van der Waals surface area contributed by atoms with Gasteiger partial charge in [-0.25, -0.2) is 0 Å². The standard InChI is InChI=1S/C19H20N2O3/c1-13(2)11-20-19(24)16-5-3-4-6-17(16)21-18(23)15-9-7-14(12-22)8-10-15/h3-10,12-13H,11H2,1-2H3,(H,20,24)(H,21,23). The second kappa shape index (κ2) is 8.06. The van der Waals surface area contributed by atoms with E-state index >= 15 is 0 Å². The molecule has 0 aliphatic rings. The molecule has 2 N–H and O–H groups in total. The summed E-state index contributed by atoms with van der Waals surface area (Å²) in [5.74, 6) is -0.223. The molecule has 0 radical (unpaired) electrons. The van der Waals surface area contributed by atoms with E-state index in [0.29, 0.717) is 34.8 Å². The maximum absolute atomic E-state index is 12.3. The molecule has 0 bridgehead atoms. The van der Waals surface area contributed by atoms with E-state index in [1.165, 1.54) is 0 Å². The average Bonchev–Trinajstić information content (AvgIpc) is 2.60. The minimum atomic E-state index is -0.337. The highest BCUT2D eigenvalue weighted by Crippen LogP contribution is 2.16. The Hall–Kier alpha value is -2.95. The Kier molecular flexibility index (Phi) is 5.84. The van der Waals surface area contributed by atoms with Crippen molar-refractivity contribution in [3.8, 4) is 0 Å². The fourth-order valence-corrected chi connectivity index (χ4v) is 2.09. The predicted molar refractivity (Wildman–Crippen MR) is 93.4 cm³/mol. The third kappa shape index (κ3) is 4.52. The minimum absolute atomic E-state index is 0.226. The van der Waals surface area contributed by atoms with Crippen molar-refractivity contribution in [2.45, 2.75) is 13.8 Å². The van der Waals surface area contributed by atoms with Gasteiger partial charge in [0, 0.05) is 17.7 Å². The summed E-state index contributed by atoms with van der Waals surface area (Å²) in [4.78, 5) is 35.3. The molecule has 2 rings (SSSR count). The van der Waals surface area contributed by atoms with E-state index in [2.05, 4.69) is 10.6 Å². The van der Waals surface area contributed by atoms with Gasteiger partial charge in [-0.1, -0.05) is 38.1 Å². The molecule has 0 unspecified atom stereocenters. The van der Waals surface area contributed by atoms with Gasteiger partial charge < -0.3 is 10.6 Å². The van der Waals surface area contributed by atoms with Crippen LogP contribution in [0.4, 0.5) is 5.69 Å². The van der Waals surface area contributed by atoms with E-state index in [4.69, 9.17) is 0 Å². The number of nitrogens with one attached hydrogen (secondary N) is 2. The Morgan fingerprint density at radius 1 is 1.00 bits per heavy atom. The molecular weight excluding hydrogens is 304 g/mol. The van der Waals surface area contributed by atoms with Gasteiger partial charge in [0.25, 0.3) is 11.8 Å². The lowest BCUT2D eigenvalue weighted by atomic mass is 10.1. The van der Waals surface area contributed by atoms with E-state index in [-0.39, 0.29) is 11.8 Å². The predicted octanol–water partition coefficient (Wildman–Crippen LogP) is 3.14. The number of aldehydes is 1. The van der Waals surface area contributed by atoms with Crippen LogP contribution < -0.4 is 10.6 Å². The Balaban J connectivity index is 2.15. The summed E-state index contributed by atoms with van der Waals surface area (Å²) < 4.78 is 0. The highest BCUT2D eigenvalue weighted by molar-refractivity contribution is 6.09. The van der Waals surface area contributed by atoms with Gasteiger partial charge in [0.2, 0.25) is 0 Å². The molecule has 0 atom stereocenters. The SMILES string of the molecule is CC(C)CNC(=O)c1ccccc1NC(=O)c1ccc(C=O)cc1. The van der Waals surface area contributed by atoms with Crippen LogP contribution in [0.15, 0.2) is 48.5 Å². The molecule has 0 fully saturated rings. The lowest BCUT2D eigenvalue weighted by Gasteiger charge is -2.12. The topological polar surface area (TPSA) is 75.3 Å². The van der Waals surface area contributed by atoms with Crippen molar-refractivity contribution in [3.05, 3.63) is 65.2 Å². The molecule has 0 aliphatic heterocycles. The Morgan fingerprint density at radius 2 is 1.67 bits per heavy atom. The zero-order valence-electron chi connectivity index (χ0n) is 13.7. The van der Waals surface area contributed by atoms with Gasteiger partial charge in [-0.3, -0.25) is 14.4 Å². The number of anilines is 1. The number of benzene rings is 2. The van der Waals surface area contributed by atoms with Crippen LogP contribution >= 0.6 is 0 Å². The number of para-hydroxylation sites is 1. The molecule has 0 saturated carbocycles. The lowest BCUT2D eigenvalue weighted by molar-refractivity contribution is 0.0949. The maximum atomic E-state index is 12.3. The molecule has 2 aromatic carbocycles. The van der Waals surface area contributed by atoms with Crippen molar-refractivity contribution in [2.75, 3.05) is 11.9 Å². The van der Waals surface area contributed by atoms with Crippen LogP contribution in [0.5, 0.6) is 0 Å². The molecule has 5 heteroatoms. The van der Waals surface area contributed by atoms with Crippen molar-refractivity contribution in [1.82, 2.24) is 5.32 Å². The zero-order valence-corrected chi connectivity index (χ0v) is 13.7. The van der Waals surface area contributed by atoms with Crippen molar-refractivity contribution in [2.24, 2.45) is 5.92 Å². The Morgan fingerprint density at radius 3 is 2.29 bits per heavy atom. The van der Waals surface area contributed by atoms with Gasteiger partial charge in [-0.05, 0) is 30.2 Å². The van der Waals surface area contributed by atoms with E-state index in [1.807, 2.05) is 13.8 Å². The Bertz CT molecular complexity index is 737. The summed E-state index contributed by atoms with van der Waals surface area (Å²) in [5, 5.41) is 5.58. The van der Waals surface area contributed by atoms with Crippen LogP contribution in [-0.2, 0) is 0 Å². The van der Waals surface area contributed by atoms with Crippen LogP contribution in [0.1, 0.15) is 44.9 Å².